The Bertz CT molecular complexity index is 643. The van der Waals surface area contributed by atoms with Gasteiger partial charge in [-0.25, -0.2) is 0 Å². The van der Waals surface area contributed by atoms with E-state index < -0.39 is 0 Å². The minimum atomic E-state index is 0. The van der Waals surface area contributed by atoms with Crippen LogP contribution in [0.25, 0.3) is 0 Å². The normalized spacial score (nSPS) is 10.9. The van der Waals surface area contributed by atoms with Crippen molar-refractivity contribution >= 4 is 29.9 Å². The molecule has 2 N–H and O–H groups in total. The standard InChI is InChI=1S/C16H24N6O.HI/c1-4-22-12-20-21-15(22)11-19-16(17-2)18-10-9-13-7-5-6-8-14(13)23-3;/h5-8,12H,4,9-11H2,1-3H3,(H2,17,18,19);1H. The number of methoxy groups -OCH3 is 1. The zero-order valence-corrected chi connectivity index (χ0v) is 16.7. The Morgan fingerprint density at radius 1 is 1.29 bits per heavy atom. The van der Waals surface area contributed by atoms with Gasteiger partial charge >= 0.3 is 0 Å². The number of hydrogen-bond donors (Lipinski definition) is 2. The van der Waals surface area contributed by atoms with Crippen molar-refractivity contribution in [1.29, 1.82) is 0 Å². The molecule has 0 aliphatic rings. The number of hydrogen-bond acceptors (Lipinski definition) is 4. The van der Waals surface area contributed by atoms with E-state index in [0.29, 0.717) is 6.54 Å². The van der Waals surface area contributed by atoms with E-state index in [2.05, 4.69) is 38.8 Å². The molecule has 0 aliphatic carbocycles. The highest BCUT2D eigenvalue weighted by Crippen LogP contribution is 2.17. The average molecular weight is 444 g/mol. The zero-order valence-electron chi connectivity index (χ0n) is 14.3. The van der Waals surface area contributed by atoms with Crippen LogP contribution in [0.15, 0.2) is 35.6 Å². The van der Waals surface area contributed by atoms with Gasteiger partial charge in [0.05, 0.1) is 13.7 Å². The van der Waals surface area contributed by atoms with Gasteiger partial charge in [-0.05, 0) is 25.0 Å². The van der Waals surface area contributed by atoms with Gasteiger partial charge in [0, 0.05) is 20.1 Å². The summed E-state index contributed by atoms with van der Waals surface area (Å²) in [7, 11) is 3.44. The van der Waals surface area contributed by atoms with Gasteiger partial charge in [0.1, 0.15) is 12.1 Å². The van der Waals surface area contributed by atoms with Gasteiger partial charge in [0.15, 0.2) is 11.8 Å². The molecule has 2 aromatic rings. The molecule has 0 radical (unpaired) electrons. The molecule has 1 heterocycles. The number of halogens is 1. The van der Waals surface area contributed by atoms with E-state index in [-0.39, 0.29) is 24.0 Å². The lowest BCUT2D eigenvalue weighted by atomic mass is 10.1. The van der Waals surface area contributed by atoms with E-state index in [9.17, 15) is 0 Å². The van der Waals surface area contributed by atoms with Crippen molar-refractivity contribution in [2.24, 2.45) is 4.99 Å². The number of nitrogens with one attached hydrogen (secondary N) is 2. The molecule has 0 atom stereocenters. The number of aryl methyl sites for hydroxylation is 1. The molecule has 0 fully saturated rings. The lowest BCUT2D eigenvalue weighted by molar-refractivity contribution is 0.409. The second-order valence-corrected chi connectivity index (χ2v) is 4.95. The first-order valence-electron chi connectivity index (χ1n) is 7.71. The third kappa shape index (κ3) is 5.66. The predicted molar refractivity (Wildman–Crippen MR) is 106 cm³/mol. The average Bonchev–Trinajstić information content (AvgIpc) is 3.05. The van der Waals surface area contributed by atoms with Crippen molar-refractivity contribution in [3.05, 3.63) is 42.0 Å². The van der Waals surface area contributed by atoms with Crippen LogP contribution in [0.5, 0.6) is 5.75 Å². The largest absolute Gasteiger partial charge is 0.496 e. The molecule has 2 rings (SSSR count). The first kappa shape index (κ1) is 20.2. The monoisotopic (exact) mass is 444 g/mol. The molecule has 132 valence electrons. The molecule has 1 aromatic heterocycles. The Kier molecular flexibility index (Phi) is 9.13. The smallest absolute Gasteiger partial charge is 0.191 e. The van der Waals surface area contributed by atoms with Crippen LogP contribution in [0, 0.1) is 0 Å². The fourth-order valence-electron chi connectivity index (χ4n) is 2.29. The van der Waals surface area contributed by atoms with Gasteiger partial charge in [0.25, 0.3) is 0 Å². The summed E-state index contributed by atoms with van der Waals surface area (Å²) >= 11 is 0. The Labute approximate surface area is 159 Å². The van der Waals surface area contributed by atoms with Crippen molar-refractivity contribution in [1.82, 2.24) is 25.4 Å². The fraction of sp³-hybridized carbons (Fsp3) is 0.438. The SMILES string of the molecule is CCn1cnnc1CNC(=NC)NCCc1ccccc1OC.I. The van der Waals surface area contributed by atoms with Gasteiger partial charge < -0.3 is 19.9 Å². The summed E-state index contributed by atoms with van der Waals surface area (Å²) in [5.74, 6) is 2.54. The summed E-state index contributed by atoms with van der Waals surface area (Å²) < 4.78 is 7.35. The lowest BCUT2D eigenvalue weighted by Crippen LogP contribution is -2.38. The Morgan fingerprint density at radius 3 is 2.79 bits per heavy atom. The minimum absolute atomic E-state index is 0. The highest BCUT2D eigenvalue weighted by Gasteiger charge is 2.05. The topological polar surface area (TPSA) is 76.4 Å². The summed E-state index contributed by atoms with van der Waals surface area (Å²) in [6, 6.07) is 8.03. The quantitative estimate of drug-likeness (QED) is 0.387. The van der Waals surface area contributed by atoms with Crippen LogP contribution in [-0.2, 0) is 19.5 Å². The molecular formula is C16H25IN6O. The van der Waals surface area contributed by atoms with Gasteiger partial charge in [-0.1, -0.05) is 18.2 Å². The van der Waals surface area contributed by atoms with Gasteiger partial charge in [-0.2, -0.15) is 0 Å². The summed E-state index contributed by atoms with van der Waals surface area (Å²) in [6.07, 6.45) is 2.59. The fourth-order valence-corrected chi connectivity index (χ4v) is 2.29. The van der Waals surface area contributed by atoms with Crippen molar-refractivity contribution in [3.8, 4) is 5.75 Å². The number of guanidine groups is 1. The van der Waals surface area contributed by atoms with Gasteiger partial charge in [0.2, 0.25) is 0 Å². The van der Waals surface area contributed by atoms with Gasteiger partial charge in [-0.15, -0.1) is 34.2 Å². The zero-order chi connectivity index (χ0) is 16.5. The summed E-state index contributed by atoms with van der Waals surface area (Å²) in [5.41, 5.74) is 1.17. The molecular weight excluding hydrogens is 419 g/mol. The molecule has 1 aromatic carbocycles. The molecule has 0 saturated heterocycles. The third-order valence-corrected chi connectivity index (χ3v) is 3.55. The molecule has 0 aliphatic heterocycles. The number of aliphatic imine (C=N–C) groups is 1. The van der Waals surface area contributed by atoms with Crippen molar-refractivity contribution < 1.29 is 4.74 Å². The van der Waals surface area contributed by atoms with Crippen LogP contribution in [0.1, 0.15) is 18.3 Å². The third-order valence-electron chi connectivity index (χ3n) is 3.55. The molecule has 0 bridgehead atoms. The van der Waals surface area contributed by atoms with E-state index in [1.165, 1.54) is 5.56 Å². The molecule has 0 amide bonds. The van der Waals surface area contributed by atoms with E-state index in [4.69, 9.17) is 4.74 Å². The first-order valence-corrected chi connectivity index (χ1v) is 7.71. The van der Waals surface area contributed by atoms with Crippen molar-refractivity contribution in [3.63, 3.8) is 0 Å². The predicted octanol–water partition coefficient (Wildman–Crippen LogP) is 1.83. The van der Waals surface area contributed by atoms with Crippen LogP contribution in [0.4, 0.5) is 0 Å². The van der Waals surface area contributed by atoms with Crippen molar-refractivity contribution in [2.75, 3.05) is 20.7 Å². The number of rotatable bonds is 7. The number of aromatic nitrogens is 3. The summed E-state index contributed by atoms with van der Waals surface area (Å²) in [6.45, 7) is 4.26. The molecule has 8 heteroatoms. The Balaban J connectivity index is 0.00000288. The highest BCUT2D eigenvalue weighted by molar-refractivity contribution is 14.0. The molecule has 24 heavy (non-hydrogen) atoms. The van der Waals surface area contributed by atoms with Crippen LogP contribution < -0.4 is 15.4 Å². The first-order chi connectivity index (χ1) is 11.3. The second-order valence-electron chi connectivity index (χ2n) is 4.95. The van der Waals surface area contributed by atoms with Crippen molar-refractivity contribution in [2.45, 2.75) is 26.4 Å². The highest BCUT2D eigenvalue weighted by atomic mass is 127. The maximum Gasteiger partial charge on any atom is 0.191 e. The van der Waals surface area contributed by atoms with Gasteiger partial charge in [-0.3, -0.25) is 4.99 Å². The van der Waals surface area contributed by atoms with E-state index in [1.807, 2.05) is 22.8 Å². The van der Waals surface area contributed by atoms with E-state index in [1.54, 1.807) is 20.5 Å². The minimum Gasteiger partial charge on any atom is -0.496 e. The maximum atomic E-state index is 5.36. The van der Waals surface area contributed by atoms with Crippen LogP contribution >= 0.6 is 24.0 Å². The maximum absolute atomic E-state index is 5.36. The Morgan fingerprint density at radius 2 is 2.08 bits per heavy atom. The molecule has 0 unspecified atom stereocenters. The number of nitrogens with zero attached hydrogens (tertiary/aromatic N) is 4. The molecule has 7 nitrogen and oxygen atoms in total. The van der Waals surface area contributed by atoms with E-state index >= 15 is 0 Å². The lowest BCUT2D eigenvalue weighted by Gasteiger charge is -2.13. The Hall–Kier alpha value is -1.84. The molecule has 0 spiro atoms. The number of para-hydroxylation sites is 1. The van der Waals surface area contributed by atoms with Crippen LogP contribution in [0.3, 0.4) is 0 Å². The van der Waals surface area contributed by atoms with Crippen LogP contribution in [0.2, 0.25) is 0 Å². The summed E-state index contributed by atoms with van der Waals surface area (Å²) in [4.78, 5) is 4.22. The van der Waals surface area contributed by atoms with E-state index in [0.717, 1.165) is 37.0 Å². The van der Waals surface area contributed by atoms with Crippen LogP contribution in [-0.4, -0.2) is 41.4 Å². The molecule has 0 saturated carbocycles. The second kappa shape index (κ2) is 10.8. The number of benzene rings is 1. The summed E-state index contributed by atoms with van der Waals surface area (Å²) in [5, 5.41) is 14.6. The number of ether oxygens (including phenoxy) is 1.